The van der Waals surface area contributed by atoms with Crippen LogP contribution in [0.2, 0.25) is 0 Å². The smallest absolute Gasteiger partial charge is 0.339 e. The topological polar surface area (TPSA) is 66.8 Å². The maximum absolute atomic E-state index is 11.4. The Morgan fingerprint density at radius 1 is 1.21 bits per heavy atom. The second kappa shape index (κ2) is 3.08. The third-order valence-electron chi connectivity index (χ3n) is 2.44. The second-order valence-electron chi connectivity index (χ2n) is 3.25. The van der Waals surface area contributed by atoms with Gasteiger partial charge in [0.25, 0.3) is 0 Å². The molecule has 1 aliphatic heterocycles. The molecule has 0 bridgehead atoms. The number of aliphatic hydroxyl groups is 2. The van der Waals surface area contributed by atoms with Gasteiger partial charge < -0.3 is 14.9 Å². The van der Waals surface area contributed by atoms with E-state index >= 15 is 0 Å². The Morgan fingerprint density at radius 2 is 1.86 bits per heavy atom. The van der Waals surface area contributed by atoms with Crippen LogP contribution in [0.5, 0.6) is 0 Å². The van der Waals surface area contributed by atoms with E-state index in [-0.39, 0.29) is 0 Å². The molecular formula is C10H10O4. The summed E-state index contributed by atoms with van der Waals surface area (Å²) in [6, 6.07) is 6.74. The molecule has 0 unspecified atom stereocenters. The van der Waals surface area contributed by atoms with E-state index < -0.39 is 24.8 Å². The van der Waals surface area contributed by atoms with Gasteiger partial charge in [0.2, 0.25) is 0 Å². The number of carbonyl (C=O) groups excluding carboxylic acids is 1. The number of aliphatic hydroxyl groups excluding tert-OH is 2. The highest BCUT2D eigenvalue weighted by Crippen LogP contribution is 2.35. The van der Waals surface area contributed by atoms with E-state index in [1.165, 1.54) is 0 Å². The van der Waals surface area contributed by atoms with Gasteiger partial charge in [-0.15, -0.1) is 0 Å². The number of hydrogen-bond donors (Lipinski definition) is 2. The minimum absolute atomic E-state index is 0.410. The Kier molecular flexibility index (Phi) is 2.02. The Morgan fingerprint density at radius 3 is 2.50 bits per heavy atom. The van der Waals surface area contributed by atoms with Gasteiger partial charge in [0.15, 0.2) is 5.60 Å². The van der Waals surface area contributed by atoms with Crippen molar-refractivity contribution in [2.75, 3.05) is 13.2 Å². The molecule has 0 aromatic heterocycles. The molecule has 0 saturated carbocycles. The van der Waals surface area contributed by atoms with Gasteiger partial charge in [-0.2, -0.15) is 0 Å². The molecule has 0 fully saturated rings. The molecule has 1 aromatic rings. The highest BCUT2D eigenvalue weighted by atomic mass is 16.6. The summed E-state index contributed by atoms with van der Waals surface area (Å²) in [5.41, 5.74) is -0.293. The van der Waals surface area contributed by atoms with Gasteiger partial charge in [0.05, 0.1) is 18.8 Å². The zero-order chi connectivity index (χ0) is 10.2. The SMILES string of the molecule is O=C1OC(CO)(CO)c2ccccc21. The Balaban J connectivity index is 2.58. The maximum atomic E-state index is 11.4. The monoisotopic (exact) mass is 194 g/mol. The minimum Gasteiger partial charge on any atom is -0.446 e. The largest absolute Gasteiger partial charge is 0.446 e. The van der Waals surface area contributed by atoms with Gasteiger partial charge in [-0.25, -0.2) is 4.79 Å². The number of cyclic esters (lactones) is 1. The first kappa shape index (κ1) is 9.18. The summed E-state index contributed by atoms with van der Waals surface area (Å²) in [4.78, 5) is 11.4. The summed E-state index contributed by atoms with van der Waals surface area (Å²) in [6.45, 7) is -0.821. The lowest BCUT2D eigenvalue weighted by Crippen LogP contribution is -2.34. The number of rotatable bonds is 2. The first-order chi connectivity index (χ1) is 6.73. The lowest BCUT2D eigenvalue weighted by atomic mass is 9.94. The third kappa shape index (κ3) is 1.05. The van der Waals surface area contributed by atoms with Crippen molar-refractivity contribution in [3.05, 3.63) is 35.4 Å². The third-order valence-corrected chi connectivity index (χ3v) is 2.44. The van der Waals surface area contributed by atoms with Crippen molar-refractivity contribution < 1.29 is 19.7 Å². The quantitative estimate of drug-likeness (QED) is 0.652. The molecule has 1 aliphatic rings. The van der Waals surface area contributed by atoms with Crippen molar-refractivity contribution in [3.63, 3.8) is 0 Å². The van der Waals surface area contributed by atoms with Crippen LogP contribution in [0.15, 0.2) is 24.3 Å². The Hall–Kier alpha value is -1.39. The van der Waals surface area contributed by atoms with Gasteiger partial charge in [0.1, 0.15) is 0 Å². The first-order valence-corrected chi connectivity index (χ1v) is 4.28. The second-order valence-corrected chi connectivity index (χ2v) is 3.25. The van der Waals surface area contributed by atoms with Crippen LogP contribution < -0.4 is 0 Å². The van der Waals surface area contributed by atoms with Crippen LogP contribution in [0.1, 0.15) is 15.9 Å². The van der Waals surface area contributed by atoms with E-state index in [0.29, 0.717) is 11.1 Å². The molecule has 0 saturated heterocycles. The number of benzene rings is 1. The van der Waals surface area contributed by atoms with E-state index in [2.05, 4.69) is 0 Å². The average molecular weight is 194 g/mol. The summed E-state index contributed by atoms with van der Waals surface area (Å²) in [5, 5.41) is 18.3. The summed E-state index contributed by atoms with van der Waals surface area (Å²) < 4.78 is 4.98. The molecule has 74 valence electrons. The van der Waals surface area contributed by atoms with Crippen LogP contribution in [0.4, 0.5) is 0 Å². The number of hydrogen-bond acceptors (Lipinski definition) is 4. The Labute approximate surface area is 80.7 Å². The lowest BCUT2D eigenvalue weighted by molar-refractivity contribution is -0.0680. The van der Waals surface area contributed by atoms with Gasteiger partial charge in [-0.3, -0.25) is 0 Å². The molecule has 1 aromatic carbocycles. The van der Waals surface area contributed by atoms with Crippen LogP contribution in [0.3, 0.4) is 0 Å². The minimum atomic E-state index is -1.26. The molecular weight excluding hydrogens is 184 g/mol. The fourth-order valence-electron chi connectivity index (χ4n) is 1.63. The predicted molar refractivity (Wildman–Crippen MR) is 47.7 cm³/mol. The van der Waals surface area contributed by atoms with E-state index in [0.717, 1.165) is 0 Å². The molecule has 1 heterocycles. The highest BCUT2D eigenvalue weighted by Gasteiger charge is 2.44. The van der Waals surface area contributed by atoms with Crippen molar-refractivity contribution in [1.82, 2.24) is 0 Å². The summed E-state index contributed by atoms with van der Waals surface area (Å²) >= 11 is 0. The van der Waals surface area contributed by atoms with Gasteiger partial charge in [-0.05, 0) is 6.07 Å². The molecule has 0 amide bonds. The van der Waals surface area contributed by atoms with Gasteiger partial charge >= 0.3 is 5.97 Å². The molecule has 14 heavy (non-hydrogen) atoms. The predicted octanol–water partition coefficient (Wildman–Crippen LogP) is 0.0369. The van der Waals surface area contributed by atoms with Crippen LogP contribution in [0, 0.1) is 0 Å². The average Bonchev–Trinajstić information content (AvgIpc) is 2.53. The molecule has 2 N–H and O–H groups in total. The van der Waals surface area contributed by atoms with Crippen LogP contribution in [-0.4, -0.2) is 29.4 Å². The molecule has 0 aliphatic carbocycles. The molecule has 4 nitrogen and oxygen atoms in total. The first-order valence-electron chi connectivity index (χ1n) is 4.28. The zero-order valence-corrected chi connectivity index (χ0v) is 7.43. The summed E-state index contributed by atoms with van der Waals surface area (Å²) in [7, 11) is 0. The Bertz CT molecular complexity index is 368. The van der Waals surface area contributed by atoms with Crippen LogP contribution >= 0.6 is 0 Å². The van der Waals surface area contributed by atoms with Crippen molar-refractivity contribution in [3.8, 4) is 0 Å². The van der Waals surface area contributed by atoms with E-state index in [9.17, 15) is 4.79 Å². The van der Waals surface area contributed by atoms with E-state index in [1.807, 2.05) is 0 Å². The normalized spacial score (nSPS) is 17.7. The van der Waals surface area contributed by atoms with Crippen molar-refractivity contribution in [2.45, 2.75) is 5.60 Å². The number of ether oxygens (including phenoxy) is 1. The van der Waals surface area contributed by atoms with Crippen LogP contribution in [-0.2, 0) is 10.3 Å². The lowest BCUT2D eigenvalue weighted by Gasteiger charge is -2.23. The number of fused-ring (bicyclic) bond motifs is 1. The van der Waals surface area contributed by atoms with Crippen molar-refractivity contribution in [1.29, 1.82) is 0 Å². The molecule has 4 heteroatoms. The fraction of sp³-hybridized carbons (Fsp3) is 0.300. The summed E-state index contributed by atoms with van der Waals surface area (Å²) in [5.74, 6) is -0.497. The van der Waals surface area contributed by atoms with Gasteiger partial charge in [0, 0.05) is 5.56 Å². The molecule has 0 spiro atoms. The van der Waals surface area contributed by atoms with Crippen molar-refractivity contribution in [2.24, 2.45) is 0 Å². The molecule has 2 rings (SSSR count). The number of carbonyl (C=O) groups is 1. The standard InChI is InChI=1S/C10H10O4/c11-5-10(6-12)8-4-2-1-3-7(8)9(13)14-10/h1-4,11-12H,5-6H2. The van der Waals surface area contributed by atoms with Crippen LogP contribution in [0.25, 0.3) is 0 Å². The maximum Gasteiger partial charge on any atom is 0.339 e. The highest BCUT2D eigenvalue weighted by molar-refractivity contribution is 5.94. The molecule has 0 atom stereocenters. The number of esters is 1. The van der Waals surface area contributed by atoms with E-state index in [1.54, 1.807) is 24.3 Å². The summed E-state index contributed by atoms with van der Waals surface area (Å²) in [6.07, 6.45) is 0. The van der Waals surface area contributed by atoms with E-state index in [4.69, 9.17) is 14.9 Å². The van der Waals surface area contributed by atoms with Crippen molar-refractivity contribution >= 4 is 5.97 Å². The fourth-order valence-corrected chi connectivity index (χ4v) is 1.63. The zero-order valence-electron chi connectivity index (χ0n) is 7.43. The van der Waals surface area contributed by atoms with Gasteiger partial charge in [-0.1, -0.05) is 18.2 Å². The molecule has 0 radical (unpaired) electrons.